The molecule has 4 aromatic heterocycles. The van der Waals surface area contributed by atoms with Gasteiger partial charge in [-0.3, -0.25) is 24.1 Å². The van der Waals surface area contributed by atoms with Gasteiger partial charge in [-0.25, -0.2) is 24.3 Å². The molecule has 2 fully saturated rings. The van der Waals surface area contributed by atoms with Gasteiger partial charge in [0.1, 0.15) is 23.1 Å². The number of β-amino-alcohol motifs (C(OH)–C–C–N with tert-alkyl or cyclic N) is 1. The van der Waals surface area contributed by atoms with Gasteiger partial charge in [0, 0.05) is 63.1 Å². The van der Waals surface area contributed by atoms with Gasteiger partial charge in [-0.15, -0.1) is 17.9 Å². The minimum atomic E-state index is -1.00. The van der Waals surface area contributed by atoms with Crippen molar-refractivity contribution in [2.75, 3.05) is 49.5 Å². The fourth-order valence-corrected chi connectivity index (χ4v) is 12.1. The van der Waals surface area contributed by atoms with Gasteiger partial charge in [0.15, 0.2) is 11.5 Å². The Morgan fingerprint density at radius 3 is 2.33 bits per heavy atom. The molecule has 2 saturated heterocycles. The first kappa shape index (κ1) is 56.9. The number of aryl methyl sites for hydroxylation is 2. The molecule has 3 amide bonds. The zero-order valence-electron chi connectivity index (χ0n) is 46.7. The van der Waals surface area contributed by atoms with Crippen molar-refractivity contribution in [1.82, 2.24) is 49.7 Å². The molecule has 0 unspecified atom stereocenters. The summed E-state index contributed by atoms with van der Waals surface area (Å²) in [6.07, 6.45) is 10.8. The number of nitrogens with one attached hydrogen (secondary N) is 3. The number of piperazine rings is 1. The van der Waals surface area contributed by atoms with Gasteiger partial charge in [0.25, 0.3) is 5.56 Å². The van der Waals surface area contributed by atoms with E-state index in [9.17, 15) is 29.4 Å². The lowest BCUT2D eigenvalue weighted by Gasteiger charge is -2.36. The molecule has 9 rings (SSSR count). The predicted molar refractivity (Wildman–Crippen MR) is 311 cm³/mol. The molecule has 1 aliphatic carbocycles. The molecular weight excluding hydrogens is 1020 g/mol. The van der Waals surface area contributed by atoms with E-state index >= 15 is 0 Å². The number of aliphatic hydroxyl groups is 2. The van der Waals surface area contributed by atoms with E-state index in [4.69, 9.17) is 9.97 Å². The van der Waals surface area contributed by atoms with Gasteiger partial charge >= 0.3 is 0 Å². The molecule has 6 heterocycles. The van der Waals surface area contributed by atoms with Crippen molar-refractivity contribution < 1.29 is 24.6 Å². The Morgan fingerprint density at radius 2 is 1.65 bits per heavy atom. The molecule has 2 aromatic carbocycles. The van der Waals surface area contributed by atoms with Crippen LogP contribution in [0.5, 0.6) is 0 Å². The van der Waals surface area contributed by atoms with Crippen LogP contribution in [0.25, 0.3) is 27.3 Å². The van der Waals surface area contributed by atoms with E-state index in [-0.39, 0.29) is 48.8 Å². The maximum Gasteiger partial charge on any atom is 0.278 e. The van der Waals surface area contributed by atoms with Crippen molar-refractivity contribution in [3.8, 4) is 16.3 Å². The number of hydrogen-bond acceptors (Lipinski definition) is 14. The summed E-state index contributed by atoms with van der Waals surface area (Å²) in [6.45, 7) is 20.6. The molecule has 18 nitrogen and oxygen atoms in total. The normalized spacial score (nSPS) is 19.3. The second-order valence-corrected chi connectivity index (χ2v) is 23.6. The highest BCUT2D eigenvalue weighted by Gasteiger charge is 2.45. The Labute approximate surface area is 467 Å². The van der Waals surface area contributed by atoms with E-state index in [0.29, 0.717) is 47.8 Å². The standard InChI is InChI=1S/C60H78N12O6S/c1-8-29-71-56(76)47-36-61-58(67-54(47)72(71)49-26-21-43-27-28-60(78,9-2)52(43)65-49)64-44-22-24-45(25-23-44)69-33-31-68(32-34-69)30-15-13-11-10-12-14-16-50(74)66-53(59(5,6)7)57(77)70-37-46(73)35-48(70)55(75)63-39(3)41-17-19-42(20-18-41)51-40(4)62-38-79-51/h8,17-26,36,38-39,46,48,53,73,78H,1,9-16,27-35,37H2,2-7H3,(H,63,75)(H,66,74)(H,61,64,67)/t39-,46+,48-,53+,60+/m0/s1. The molecule has 5 N–H and O–H groups in total. The molecular formula is C60H78N12O6S. The lowest BCUT2D eigenvalue weighted by atomic mass is 9.85. The lowest BCUT2D eigenvalue weighted by Crippen LogP contribution is -2.57. The van der Waals surface area contributed by atoms with Crippen molar-refractivity contribution in [3.05, 3.63) is 118 Å². The number of hydrogen-bond donors (Lipinski definition) is 5. The number of rotatable bonds is 22. The van der Waals surface area contributed by atoms with Crippen molar-refractivity contribution in [2.45, 2.75) is 149 Å². The summed E-state index contributed by atoms with van der Waals surface area (Å²) in [7, 11) is 0. The molecule has 0 spiro atoms. The van der Waals surface area contributed by atoms with Crippen LogP contribution in [0.4, 0.5) is 17.3 Å². The van der Waals surface area contributed by atoms with Crippen molar-refractivity contribution >= 4 is 57.4 Å². The Kier molecular flexibility index (Phi) is 17.8. The minimum Gasteiger partial charge on any atom is -0.391 e. The summed E-state index contributed by atoms with van der Waals surface area (Å²) in [5.74, 6) is -0.0240. The monoisotopic (exact) mass is 1090 g/mol. The van der Waals surface area contributed by atoms with E-state index < -0.39 is 29.2 Å². The fourth-order valence-electron chi connectivity index (χ4n) is 11.3. The highest BCUT2D eigenvalue weighted by molar-refractivity contribution is 7.13. The lowest BCUT2D eigenvalue weighted by molar-refractivity contribution is -0.144. The van der Waals surface area contributed by atoms with E-state index in [1.165, 1.54) is 4.90 Å². The first-order chi connectivity index (χ1) is 37.9. The van der Waals surface area contributed by atoms with Crippen molar-refractivity contribution in [2.24, 2.45) is 5.41 Å². The molecule has 6 aromatic rings. The SMILES string of the molecule is C=CCn1c(=O)c2cnc(Nc3ccc(N4CCN(CCCCCCCCC(=O)N[C@H](C(=O)N5C[C@H](O)C[C@H]5C(=O)N[C@@H](C)c5ccc(-c6scnc6C)cc5)C(C)(C)C)CC4)cc3)nc2n1-c1ccc2c(n1)[C@@](O)(CC)CC2. The van der Waals surface area contributed by atoms with Crippen LogP contribution in [-0.4, -0.2) is 124 Å². The average molecular weight is 1100 g/mol. The van der Waals surface area contributed by atoms with Crippen LogP contribution in [0, 0.1) is 12.3 Å². The highest BCUT2D eigenvalue weighted by atomic mass is 32.1. The number of fused-ring (bicyclic) bond motifs is 2. The van der Waals surface area contributed by atoms with E-state index in [1.807, 2.05) is 95.6 Å². The van der Waals surface area contributed by atoms with Crippen molar-refractivity contribution in [3.63, 3.8) is 0 Å². The third kappa shape index (κ3) is 13.0. The highest BCUT2D eigenvalue weighted by Crippen LogP contribution is 2.39. The second kappa shape index (κ2) is 24.7. The summed E-state index contributed by atoms with van der Waals surface area (Å²) >= 11 is 1.59. The summed E-state index contributed by atoms with van der Waals surface area (Å²) in [5, 5.41) is 31.8. The molecule has 19 heteroatoms. The number of aliphatic hydroxyl groups excluding tert-OH is 1. The number of carbonyl (C=O) groups is 3. The summed E-state index contributed by atoms with van der Waals surface area (Å²) in [6, 6.07) is 18.1. The maximum atomic E-state index is 14.2. The Balaban J connectivity index is 0.679. The fraction of sp³-hybridized carbons (Fsp3) is 0.500. The van der Waals surface area contributed by atoms with Crippen LogP contribution in [0.15, 0.2) is 89.8 Å². The first-order valence-corrected chi connectivity index (χ1v) is 29.1. The minimum absolute atomic E-state index is 0.0303. The number of nitrogens with zero attached hydrogens (tertiary/aromatic N) is 9. The third-order valence-corrected chi connectivity index (χ3v) is 17.0. The number of likely N-dealkylation sites (tertiary alicyclic amines) is 1. The Bertz CT molecular complexity index is 3180. The zero-order chi connectivity index (χ0) is 56.0. The van der Waals surface area contributed by atoms with Gasteiger partial charge in [0.05, 0.1) is 40.5 Å². The molecule has 0 bridgehead atoms. The number of anilines is 3. The Morgan fingerprint density at radius 1 is 0.924 bits per heavy atom. The Hall–Kier alpha value is -6.80. The molecule has 0 saturated carbocycles. The smallest absolute Gasteiger partial charge is 0.278 e. The number of aromatic nitrogens is 6. The number of thiazole rings is 1. The molecule has 79 heavy (non-hydrogen) atoms. The van der Waals surface area contributed by atoms with E-state index in [2.05, 4.69) is 54.4 Å². The van der Waals surface area contributed by atoms with Crippen LogP contribution in [-0.2, 0) is 33.0 Å². The number of pyridine rings is 1. The molecule has 5 atom stereocenters. The molecule has 0 radical (unpaired) electrons. The molecule has 3 aliphatic rings. The van der Waals surface area contributed by atoms with E-state index in [1.54, 1.807) is 33.0 Å². The molecule has 420 valence electrons. The quantitative estimate of drug-likeness (QED) is 0.0321. The van der Waals surface area contributed by atoms with Gasteiger partial charge in [-0.05, 0) is 105 Å². The summed E-state index contributed by atoms with van der Waals surface area (Å²) in [4.78, 5) is 80.9. The van der Waals surface area contributed by atoms with Gasteiger partial charge in [-0.2, -0.15) is 4.98 Å². The van der Waals surface area contributed by atoms with Gasteiger partial charge < -0.3 is 36.0 Å². The summed E-state index contributed by atoms with van der Waals surface area (Å²) in [5.41, 5.74) is 6.96. The van der Waals surface area contributed by atoms with Crippen molar-refractivity contribution in [1.29, 1.82) is 0 Å². The van der Waals surface area contributed by atoms with E-state index in [0.717, 1.165) is 116 Å². The van der Waals surface area contributed by atoms with Gasteiger partial charge in [-0.1, -0.05) is 89.8 Å². The largest absolute Gasteiger partial charge is 0.391 e. The predicted octanol–water partition coefficient (Wildman–Crippen LogP) is 8.11. The van der Waals surface area contributed by atoms with Gasteiger partial charge in [0.2, 0.25) is 23.7 Å². The number of unbranched alkanes of at least 4 members (excludes halogenated alkanes) is 5. The van der Waals surface area contributed by atoms with Crippen LogP contribution in [0.2, 0.25) is 0 Å². The van der Waals surface area contributed by atoms with Crippen LogP contribution < -0.4 is 26.4 Å². The summed E-state index contributed by atoms with van der Waals surface area (Å²) < 4.78 is 3.24. The zero-order valence-corrected chi connectivity index (χ0v) is 47.5. The van der Waals surface area contributed by atoms with Crippen LogP contribution in [0.1, 0.15) is 127 Å². The third-order valence-electron chi connectivity index (χ3n) is 16.0. The number of amides is 3. The van der Waals surface area contributed by atoms with Crippen LogP contribution >= 0.6 is 11.3 Å². The first-order valence-electron chi connectivity index (χ1n) is 28.2. The average Bonchev–Trinajstić information content (AvgIpc) is 4.43. The number of benzene rings is 2. The second-order valence-electron chi connectivity index (χ2n) is 22.7. The number of carbonyl (C=O) groups excluding carboxylic acids is 3. The van der Waals surface area contributed by atoms with Crippen LogP contribution in [0.3, 0.4) is 0 Å². The topological polar surface area (TPSA) is 216 Å². The molecule has 2 aliphatic heterocycles. The maximum absolute atomic E-state index is 14.2. The number of allylic oxidation sites excluding steroid dienone is 1.